The largest absolute Gasteiger partial charge is 0.291 e. The van der Waals surface area contributed by atoms with Gasteiger partial charge in [0.25, 0.3) is 0 Å². The maximum Gasteiger partial charge on any atom is 0.232 e. The number of carbonyl (C=O) groups is 1. The van der Waals surface area contributed by atoms with Gasteiger partial charge in [0.15, 0.2) is 5.13 Å². The maximum atomic E-state index is 13.9. The van der Waals surface area contributed by atoms with E-state index in [-0.39, 0.29) is 18.1 Å². The predicted octanol–water partition coefficient (Wildman–Crippen LogP) is 3.71. The molecular formula is C20H20FN3O2S2. The number of carbonyl (C=O) groups excluding carboxylic acids is 1. The lowest BCUT2D eigenvalue weighted by Gasteiger charge is -2.14. The standard InChI is InChI=1S/C20H20FN3O2S2/c1-13-19(28(26)22-2)27-20(23-13)24(3)18(25)12-14-8-10-15(11-9-14)16-6-4-5-7-17(16)21/h4-11,22H,12H2,1-3H3. The summed E-state index contributed by atoms with van der Waals surface area (Å²) in [6, 6.07) is 13.8. The molecule has 2 aromatic carbocycles. The molecular weight excluding hydrogens is 397 g/mol. The van der Waals surface area contributed by atoms with Crippen LogP contribution in [-0.4, -0.2) is 29.2 Å². The summed E-state index contributed by atoms with van der Waals surface area (Å²) in [5, 5.41) is 0.504. The third kappa shape index (κ3) is 4.35. The third-order valence-corrected chi connectivity index (χ3v) is 6.99. The molecule has 3 rings (SSSR count). The van der Waals surface area contributed by atoms with E-state index in [4.69, 9.17) is 0 Å². The molecule has 1 unspecified atom stereocenters. The van der Waals surface area contributed by atoms with Crippen molar-refractivity contribution in [1.82, 2.24) is 9.71 Å². The number of amides is 1. The Kier molecular flexibility index (Phi) is 6.33. The highest BCUT2D eigenvalue weighted by Crippen LogP contribution is 2.28. The number of aryl methyl sites for hydroxylation is 1. The molecule has 0 bridgehead atoms. The number of benzene rings is 2. The van der Waals surface area contributed by atoms with E-state index in [2.05, 4.69) is 9.71 Å². The second-order valence-electron chi connectivity index (χ2n) is 6.15. The summed E-state index contributed by atoms with van der Waals surface area (Å²) >= 11 is 1.23. The lowest BCUT2D eigenvalue weighted by Crippen LogP contribution is -2.27. The van der Waals surface area contributed by atoms with E-state index in [9.17, 15) is 13.4 Å². The number of rotatable bonds is 6. The number of likely N-dealkylation sites (N-methyl/N-ethyl adjacent to an activating group) is 1. The Bertz CT molecular complexity index is 1020. The number of aromatic nitrogens is 1. The number of nitrogens with one attached hydrogen (secondary N) is 1. The first-order chi connectivity index (χ1) is 13.4. The van der Waals surface area contributed by atoms with Gasteiger partial charge in [0, 0.05) is 12.6 Å². The molecule has 1 atom stereocenters. The van der Waals surface area contributed by atoms with Crippen molar-refractivity contribution < 1.29 is 13.4 Å². The molecule has 1 N–H and O–H groups in total. The average Bonchev–Trinajstić information content (AvgIpc) is 3.09. The van der Waals surface area contributed by atoms with E-state index < -0.39 is 11.0 Å². The topological polar surface area (TPSA) is 62.3 Å². The first-order valence-corrected chi connectivity index (χ1v) is 10.5. The van der Waals surface area contributed by atoms with Crippen LogP contribution >= 0.6 is 11.3 Å². The molecule has 0 radical (unpaired) electrons. The summed E-state index contributed by atoms with van der Waals surface area (Å²) in [5.74, 6) is -0.408. The van der Waals surface area contributed by atoms with E-state index in [1.54, 1.807) is 39.2 Å². The number of halogens is 1. The van der Waals surface area contributed by atoms with Crippen LogP contribution in [0.4, 0.5) is 9.52 Å². The summed E-state index contributed by atoms with van der Waals surface area (Å²) in [5.41, 5.74) is 2.75. The summed E-state index contributed by atoms with van der Waals surface area (Å²) in [6.07, 6.45) is 0.192. The van der Waals surface area contributed by atoms with Gasteiger partial charge in [0.05, 0.1) is 12.1 Å². The molecule has 0 aliphatic carbocycles. The minimum Gasteiger partial charge on any atom is -0.291 e. The zero-order valence-corrected chi connectivity index (χ0v) is 17.4. The van der Waals surface area contributed by atoms with E-state index >= 15 is 0 Å². The fraction of sp³-hybridized carbons (Fsp3) is 0.200. The second-order valence-corrected chi connectivity index (χ2v) is 8.74. The van der Waals surface area contributed by atoms with Crippen LogP contribution in [0.15, 0.2) is 52.7 Å². The SMILES string of the molecule is CNS(=O)c1sc(N(C)C(=O)Cc2ccc(-c3ccccc3F)cc2)nc1C. The minimum absolute atomic E-state index is 0.130. The van der Waals surface area contributed by atoms with E-state index in [1.807, 2.05) is 24.3 Å². The summed E-state index contributed by atoms with van der Waals surface area (Å²) in [4.78, 5) is 18.4. The smallest absolute Gasteiger partial charge is 0.232 e. The van der Waals surface area contributed by atoms with Crippen molar-refractivity contribution in [2.24, 2.45) is 0 Å². The second kappa shape index (κ2) is 8.72. The molecule has 0 fully saturated rings. The summed E-state index contributed by atoms with van der Waals surface area (Å²) < 4.78 is 29.1. The summed E-state index contributed by atoms with van der Waals surface area (Å²) in [7, 11) is 1.92. The van der Waals surface area contributed by atoms with Crippen molar-refractivity contribution in [1.29, 1.82) is 0 Å². The number of hydrogen-bond donors (Lipinski definition) is 1. The van der Waals surface area contributed by atoms with Gasteiger partial charge in [-0.15, -0.1) is 0 Å². The van der Waals surface area contributed by atoms with Gasteiger partial charge in [-0.25, -0.2) is 18.3 Å². The molecule has 0 aliphatic rings. The monoisotopic (exact) mass is 417 g/mol. The van der Waals surface area contributed by atoms with Gasteiger partial charge in [-0.2, -0.15) is 0 Å². The Hall–Kier alpha value is -2.42. The highest BCUT2D eigenvalue weighted by atomic mass is 32.2. The third-order valence-electron chi connectivity index (χ3n) is 4.25. The van der Waals surface area contributed by atoms with Crippen molar-refractivity contribution in [3.8, 4) is 11.1 Å². The molecule has 0 spiro atoms. The molecule has 0 aliphatic heterocycles. The predicted molar refractivity (Wildman–Crippen MR) is 111 cm³/mol. The fourth-order valence-electron chi connectivity index (χ4n) is 2.67. The number of anilines is 1. The molecule has 5 nitrogen and oxygen atoms in total. The molecule has 0 saturated carbocycles. The molecule has 8 heteroatoms. The van der Waals surface area contributed by atoms with Gasteiger partial charge in [0.1, 0.15) is 21.0 Å². The average molecular weight is 418 g/mol. The zero-order valence-electron chi connectivity index (χ0n) is 15.7. The lowest BCUT2D eigenvalue weighted by molar-refractivity contribution is -0.117. The molecule has 1 heterocycles. The van der Waals surface area contributed by atoms with Crippen LogP contribution in [0.3, 0.4) is 0 Å². The fourth-order valence-corrected chi connectivity index (χ4v) is 4.73. The van der Waals surface area contributed by atoms with Crippen LogP contribution in [0.1, 0.15) is 11.3 Å². The molecule has 1 aromatic heterocycles. The quantitative estimate of drug-likeness (QED) is 0.665. The Labute approximate surface area is 169 Å². The van der Waals surface area contributed by atoms with Gasteiger partial charge in [-0.05, 0) is 31.2 Å². The first-order valence-electron chi connectivity index (χ1n) is 8.57. The summed E-state index contributed by atoms with van der Waals surface area (Å²) in [6.45, 7) is 1.77. The van der Waals surface area contributed by atoms with E-state index in [0.29, 0.717) is 20.6 Å². The lowest BCUT2D eigenvalue weighted by atomic mass is 10.0. The van der Waals surface area contributed by atoms with Gasteiger partial charge in [0.2, 0.25) is 5.91 Å². The highest BCUT2D eigenvalue weighted by Gasteiger charge is 2.19. The maximum absolute atomic E-state index is 13.9. The van der Waals surface area contributed by atoms with Crippen LogP contribution in [0.25, 0.3) is 11.1 Å². The zero-order chi connectivity index (χ0) is 20.3. The van der Waals surface area contributed by atoms with E-state index in [1.165, 1.54) is 22.3 Å². The van der Waals surface area contributed by atoms with Gasteiger partial charge >= 0.3 is 0 Å². The van der Waals surface area contributed by atoms with Crippen LogP contribution in [0.5, 0.6) is 0 Å². The number of nitrogens with zero attached hydrogens (tertiary/aromatic N) is 2. The van der Waals surface area contributed by atoms with Crippen LogP contribution < -0.4 is 9.62 Å². The Morgan fingerprint density at radius 3 is 2.54 bits per heavy atom. The molecule has 0 saturated heterocycles. The Morgan fingerprint density at radius 2 is 1.89 bits per heavy atom. The van der Waals surface area contributed by atoms with Crippen LogP contribution in [0, 0.1) is 12.7 Å². The van der Waals surface area contributed by atoms with Gasteiger partial charge in [-0.1, -0.05) is 53.8 Å². The molecule has 1 amide bonds. The van der Waals surface area contributed by atoms with Gasteiger partial charge < -0.3 is 0 Å². The minimum atomic E-state index is -1.33. The van der Waals surface area contributed by atoms with E-state index in [0.717, 1.165) is 11.1 Å². The van der Waals surface area contributed by atoms with Gasteiger partial charge in [-0.3, -0.25) is 9.69 Å². The van der Waals surface area contributed by atoms with Crippen LogP contribution in [0.2, 0.25) is 0 Å². The van der Waals surface area contributed by atoms with Crippen molar-refractivity contribution >= 4 is 33.4 Å². The molecule has 146 valence electrons. The van der Waals surface area contributed by atoms with Crippen molar-refractivity contribution in [3.05, 3.63) is 65.6 Å². The normalized spacial score (nSPS) is 12.0. The molecule has 3 aromatic rings. The number of thiazole rings is 1. The van der Waals surface area contributed by atoms with Crippen molar-refractivity contribution in [3.63, 3.8) is 0 Å². The van der Waals surface area contributed by atoms with Crippen molar-refractivity contribution in [2.45, 2.75) is 17.6 Å². The Morgan fingerprint density at radius 1 is 1.21 bits per heavy atom. The molecule has 28 heavy (non-hydrogen) atoms. The highest BCUT2D eigenvalue weighted by molar-refractivity contribution is 7.85. The Balaban J connectivity index is 1.72. The van der Waals surface area contributed by atoms with Crippen molar-refractivity contribution in [2.75, 3.05) is 19.0 Å². The first kappa shape index (κ1) is 20.3. The van der Waals surface area contributed by atoms with Crippen LogP contribution in [-0.2, 0) is 22.2 Å². The number of hydrogen-bond acceptors (Lipinski definition) is 4.